The molecule has 4 aromatic rings. The van der Waals surface area contributed by atoms with Gasteiger partial charge in [0.2, 0.25) is 5.95 Å². The molecule has 0 saturated carbocycles. The van der Waals surface area contributed by atoms with Gasteiger partial charge in [-0.3, -0.25) is 0 Å². The lowest BCUT2D eigenvalue weighted by molar-refractivity contribution is -0.137. The van der Waals surface area contributed by atoms with E-state index in [0.29, 0.717) is 41.6 Å². The predicted octanol–water partition coefficient (Wildman–Crippen LogP) is 4.91. The molecule has 188 valence electrons. The minimum Gasteiger partial charge on any atom is -0.378 e. The second-order valence-electron chi connectivity index (χ2n) is 8.44. The summed E-state index contributed by atoms with van der Waals surface area (Å²) in [4.78, 5) is 16.0. The monoisotopic (exact) mass is 497 g/mol. The number of halogens is 3. The number of hydrogen-bond acceptors (Lipinski definition) is 7. The van der Waals surface area contributed by atoms with Gasteiger partial charge in [0.05, 0.1) is 31.6 Å². The van der Waals surface area contributed by atoms with E-state index in [0.717, 1.165) is 49.8 Å². The van der Waals surface area contributed by atoms with Crippen LogP contribution in [0.2, 0.25) is 0 Å². The van der Waals surface area contributed by atoms with Crippen LogP contribution in [0.15, 0.2) is 54.9 Å². The fourth-order valence-corrected chi connectivity index (χ4v) is 4.09. The van der Waals surface area contributed by atoms with Crippen LogP contribution in [0.1, 0.15) is 18.1 Å². The number of anilines is 4. The van der Waals surface area contributed by atoms with Crippen LogP contribution in [0.25, 0.3) is 11.2 Å². The number of nitrogens with one attached hydrogen (secondary N) is 2. The third-order valence-corrected chi connectivity index (χ3v) is 5.94. The van der Waals surface area contributed by atoms with Crippen LogP contribution in [0, 0.1) is 0 Å². The molecule has 0 aliphatic carbocycles. The molecule has 1 aliphatic heterocycles. The fraction of sp³-hybridized carbons (Fsp3) is 0.320. The van der Waals surface area contributed by atoms with E-state index < -0.39 is 11.7 Å². The number of morpholine rings is 1. The third kappa shape index (κ3) is 5.20. The Labute approximate surface area is 206 Å². The maximum absolute atomic E-state index is 12.9. The zero-order valence-electron chi connectivity index (χ0n) is 19.7. The molecule has 0 amide bonds. The molecule has 11 heteroatoms. The molecule has 2 aromatic carbocycles. The maximum Gasteiger partial charge on any atom is 0.416 e. The standard InChI is InChI=1S/C25H26F3N7O/c1-2-29-24-32-22(31-19-7-9-20(10-8-19)34-11-13-36-14-12-34)21-23(33-24)35(16-30-21)15-17-3-5-18(6-4-17)25(26,27)28/h3-10,16H,2,11-15H2,1H3,(H2,29,31,32,33). The van der Waals surface area contributed by atoms with Crippen molar-refractivity contribution < 1.29 is 17.9 Å². The summed E-state index contributed by atoms with van der Waals surface area (Å²) in [6.07, 6.45) is -2.74. The van der Waals surface area contributed by atoms with E-state index in [1.54, 1.807) is 10.9 Å². The SMILES string of the molecule is CCNc1nc(Nc2ccc(N3CCOCC3)cc2)c2ncn(Cc3ccc(C(F)(F)F)cc3)c2n1. The molecule has 0 bridgehead atoms. The van der Waals surface area contributed by atoms with E-state index in [1.807, 2.05) is 19.1 Å². The molecule has 1 fully saturated rings. The van der Waals surface area contributed by atoms with Crippen molar-refractivity contribution in [3.8, 4) is 0 Å². The first-order valence-electron chi connectivity index (χ1n) is 11.7. The normalized spacial score (nSPS) is 14.3. The quantitative estimate of drug-likeness (QED) is 0.376. The Morgan fingerprint density at radius 1 is 0.972 bits per heavy atom. The topological polar surface area (TPSA) is 80.1 Å². The van der Waals surface area contributed by atoms with Crippen LogP contribution in [0.4, 0.5) is 36.3 Å². The molecule has 0 radical (unpaired) electrons. The van der Waals surface area contributed by atoms with Crippen molar-refractivity contribution in [1.29, 1.82) is 0 Å². The molecule has 8 nitrogen and oxygen atoms in total. The Hall–Kier alpha value is -3.86. The van der Waals surface area contributed by atoms with Crippen LogP contribution in [0.3, 0.4) is 0 Å². The summed E-state index contributed by atoms with van der Waals surface area (Å²) in [6, 6.07) is 13.2. The number of alkyl halides is 3. The zero-order chi connectivity index (χ0) is 25.1. The van der Waals surface area contributed by atoms with Gasteiger partial charge in [0.1, 0.15) is 0 Å². The van der Waals surface area contributed by atoms with Gasteiger partial charge in [0.15, 0.2) is 17.0 Å². The number of nitrogens with zero attached hydrogens (tertiary/aromatic N) is 5. The minimum atomic E-state index is -4.37. The van der Waals surface area contributed by atoms with E-state index in [1.165, 1.54) is 12.1 Å². The van der Waals surface area contributed by atoms with Gasteiger partial charge in [-0.2, -0.15) is 23.1 Å². The summed E-state index contributed by atoms with van der Waals surface area (Å²) in [5.74, 6) is 0.979. The zero-order valence-corrected chi connectivity index (χ0v) is 19.7. The number of ether oxygens (including phenoxy) is 1. The van der Waals surface area contributed by atoms with E-state index in [9.17, 15) is 13.2 Å². The average Bonchev–Trinajstić information content (AvgIpc) is 3.28. The van der Waals surface area contributed by atoms with Crippen LogP contribution in [-0.2, 0) is 17.5 Å². The number of fused-ring (bicyclic) bond motifs is 1. The summed E-state index contributed by atoms with van der Waals surface area (Å²) >= 11 is 0. The lowest BCUT2D eigenvalue weighted by atomic mass is 10.1. The van der Waals surface area contributed by atoms with E-state index in [-0.39, 0.29) is 0 Å². The van der Waals surface area contributed by atoms with Crippen LogP contribution >= 0.6 is 0 Å². The van der Waals surface area contributed by atoms with Crippen molar-refractivity contribution in [2.75, 3.05) is 48.4 Å². The highest BCUT2D eigenvalue weighted by Gasteiger charge is 2.30. The number of rotatable bonds is 7. The molecule has 0 atom stereocenters. The molecular weight excluding hydrogens is 471 g/mol. The molecule has 1 aliphatic rings. The lowest BCUT2D eigenvalue weighted by Crippen LogP contribution is -2.36. The molecule has 0 spiro atoms. The summed E-state index contributed by atoms with van der Waals surface area (Å²) in [6.45, 7) is 6.08. The second kappa shape index (κ2) is 10.0. The van der Waals surface area contributed by atoms with Crippen molar-refractivity contribution in [2.45, 2.75) is 19.6 Å². The van der Waals surface area contributed by atoms with Gasteiger partial charge in [-0.05, 0) is 48.9 Å². The fourth-order valence-electron chi connectivity index (χ4n) is 4.09. The van der Waals surface area contributed by atoms with E-state index in [4.69, 9.17) is 4.74 Å². The van der Waals surface area contributed by atoms with Crippen LogP contribution in [0.5, 0.6) is 0 Å². The molecule has 36 heavy (non-hydrogen) atoms. The van der Waals surface area contributed by atoms with Crippen molar-refractivity contribution in [3.05, 3.63) is 66.0 Å². The average molecular weight is 498 g/mol. The first-order valence-corrected chi connectivity index (χ1v) is 11.7. The number of aromatic nitrogens is 4. The van der Waals surface area contributed by atoms with Gasteiger partial charge in [-0.1, -0.05) is 12.1 Å². The van der Waals surface area contributed by atoms with E-state index >= 15 is 0 Å². The summed E-state index contributed by atoms with van der Waals surface area (Å²) < 4.78 is 46.0. The maximum atomic E-state index is 12.9. The molecule has 2 aromatic heterocycles. The summed E-state index contributed by atoms with van der Waals surface area (Å²) in [5.41, 5.74) is 3.16. The minimum absolute atomic E-state index is 0.324. The van der Waals surface area contributed by atoms with Crippen LogP contribution < -0.4 is 15.5 Å². The molecule has 2 N–H and O–H groups in total. The molecule has 3 heterocycles. The second-order valence-corrected chi connectivity index (χ2v) is 8.44. The Morgan fingerprint density at radius 2 is 1.69 bits per heavy atom. The van der Waals surface area contributed by atoms with Gasteiger partial charge in [-0.25, -0.2) is 4.98 Å². The smallest absolute Gasteiger partial charge is 0.378 e. The Morgan fingerprint density at radius 3 is 2.36 bits per heavy atom. The largest absolute Gasteiger partial charge is 0.416 e. The van der Waals surface area contributed by atoms with Crippen molar-refractivity contribution in [1.82, 2.24) is 19.5 Å². The number of benzene rings is 2. The van der Waals surface area contributed by atoms with Gasteiger partial charge in [-0.15, -0.1) is 0 Å². The molecule has 1 saturated heterocycles. The Balaban J connectivity index is 1.41. The third-order valence-electron chi connectivity index (χ3n) is 5.94. The van der Waals surface area contributed by atoms with Gasteiger partial charge in [0.25, 0.3) is 0 Å². The number of imidazole rings is 1. The van der Waals surface area contributed by atoms with Crippen LogP contribution in [-0.4, -0.2) is 52.4 Å². The van der Waals surface area contributed by atoms with Crippen molar-refractivity contribution in [3.63, 3.8) is 0 Å². The van der Waals surface area contributed by atoms with E-state index in [2.05, 4.69) is 42.6 Å². The Bertz CT molecular complexity index is 1310. The molecule has 5 rings (SSSR count). The highest BCUT2D eigenvalue weighted by molar-refractivity contribution is 5.86. The highest BCUT2D eigenvalue weighted by atomic mass is 19.4. The lowest BCUT2D eigenvalue weighted by Gasteiger charge is -2.28. The Kier molecular flexibility index (Phi) is 6.64. The number of hydrogen-bond donors (Lipinski definition) is 2. The van der Waals surface area contributed by atoms with Crippen molar-refractivity contribution in [2.24, 2.45) is 0 Å². The van der Waals surface area contributed by atoms with Gasteiger partial charge < -0.3 is 24.8 Å². The van der Waals surface area contributed by atoms with Gasteiger partial charge >= 0.3 is 6.18 Å². The predicted molar refractivity (Wildman–Crippen MR) is 133 cm³/mol. The highest BCUT2D eigenvalue weighted by Crippen LogP contribution is 2.30. The first kappa shape index (κ1) is 23.9. The van der Waals surface area contributed by atoms with Crippen molar-refractivity contribution >= 4 is 34.3 Å². The summed E-state index contributed by atoms with van der Waals surface area (Å²) in [7, 11) is 0. The molecule has 0 unspecified atom stereocenters. The van der Waals surface area contributed by atoms with Gasteiger partial charge in [0, 0.05) is 31.0 Å². The summed E-state index contributed by atoms with van der Waals surface area (Å²) in [5, 5.41) is 6.48. The first-order chi connectivity index (χ1) is 17.4. The molecular formula is C25H26F3N7O.